The molecule has 2 aromatic heterocycles. The molecule has 3 aromatic rings. The van der Waals surface area contributed by atoms with Gasteiger partial charge in [-0.3, -0.25) is 9.67 Å². The summed E-state index contributed by atoms with van der Waals surface area (Å²) in [5, 5.41) is 8.74. The zero-order valence-corrected chi connectivity index (χ0v) is 16.9. The summed E-state index contributed by atoms with van der Waals surface area (Å²) in [5.41, 5.74) is 4.62. The molecule has 1 N–H and O–H groups in total. The highest BCUT2D eigenvalue weighted by Crippen LogP contribution is 2.30. The Morgan fingerprint density at radius 3 is 2.71 bits per heavy atom. The van der Waals surface area contributed by atoms with Gasteiger partial charge in [0, 0.05) is 42.3 Å². The summed E-state index contributed by atoms with van der Waals surface area (Å²) in [4.78, 5) is 4.30. The van der Waals surface area contributed by atoms with Gasteiger partial charge >= 0.3 is 0 Å². The summed E-state index contributed by atoms with van der Waals surface area (Å²) in [7, 11) is 0. The van der Waals surface area contributed by atoms with Crippen LogP contribution in [0.1, 0.15) is 44.2 Å². The number of pyridine rings is 1. The maximum absolute atomic E-state index is 4.91. The molecule has 0 amide bonds. The van der Waals surface area contributed by atoms with Crippen LogP contribution >= 0.6 is 0 Å². The molecule has 28 heavy (non-hydrogen) atoms. The molecule has 4 rings (SSSR count). The van der Waals surface area contributed by atoms with E-state index in [1.807, 2.05) is 18.5 Å². The van der Waals surface area contributed by atoms with Crippen molar-refractivity contribution in [2.24, 2.45) is 11.8 Å². The van der Waals surface area contributed by atoms with E-state index in [0.717, 1.165) is 36.2 Å². The second kappa shape index (κ2) is 8.70. The van der Waals surface area contributed by atoms with Crippen LogP contribution in [-0.4, -0.2) is 20.8 Å². The molecule has 1 aliphatic carbocycles. The molecule has 0 bridgehead atoms. The van der Waals surface area contributed by atoms with Crippen molar-refractivity contribution in [1.82, 2.24) is 20.1 Å². The summed E-state index contributed by atoms with van der Waals surface area (Å²) in [6.45, 7) is 6.41. The van der Waals surface area contributed by atoms with E-state index >= 15 is 0 Å². The predicted molar refractivity (Wildman–Crippen MR) is 114 cm³/mol. The monoisotopic (exact) mass is 374 g/mol. The van der Waals surface area contributed by atoms with Crippen LogP contribution in [0.4, 0.5) is 0 Å². The van der Waals surface area contributed by atoms with Gasteiger partial charge in [-0.25, -0.2) is 0 Å². The van der Waals surface area contributed by atoms with Crippen molar-refractivity contribution in [3.63, 3.8) is 0 Å². The van der Waals surface area contributed by atoms with Crippen molar-refractivity contribution < 1.29 is 0 Å². The SMILES string of the molecule is C[C@H]1[C@H](C)CCC[C@@H]1NCc1cn(Cc2ccccc2)nc1-c1cccnc1. The average molecular weight is 375 g/mol. The van der Waals surface area contributed by atoms with Crippen LogP contribution in [0.3, 0.4) is 0 Å². The largest absolute Gasteiger partial charge is 0.310 e. The van der Waals surface area contributed by atoms with Crippen LogP contribution in [0.2, 0.25) is 0 Å². The second-order valence-electron chi connectivity index (χ2n) is 8.18. The van der Waals surface area contributed by atoms with Gasteiger partial charge in [-0.1, -0.05) is 57.0 Å². The summed E-state index contributed by atoms with van der Waals surface area (Å²) in [6, 6.07) is 15.2. The van der Waals surface area contributed by atoms with E-state index in [4.69, 9.17) is 5.10 Å². The first-order chi connectivity index (χ1) is 13.7. The fourth-order valence-electron chi connectivity index (χ4n) is 4.30. The van der Waals surface area contributed by atoms with Crippen molar-refractivity contribution in [1.29, 1.82) is 0 Å². The Balaban J connectivity index is 1.56. The molecule has 4 heteroatoms. The smallest absolute Gasteiger partial charge is 0.0983 e. The van der Waals surface area contributed by atoms with Crippen molar-refractivity contribution in [2.75, 3.05) is 0 Å². The number of nitrogens with one attached hydrogen (secondary N) is 1. The minimum absolute atomic E-state index is 0.586. The van der Waals surface area contributed by atoms with Crippen LogP contribution in [-0.2, 0) is 13.1 Å². The van der Waals surface area contributed by atoms with Gasteiger partial charge in [0.15, 0.2) is 0 Å². The normalized spacial score (nSPS) is 22.3. The van der Waals surface area contributed by atoms with E-state index in [0.29, 0.717) is 6.04 Å². The summed E-state index contributed by atoms with van der Waals surface area (Å²) >= 11 is 0. The lowest BCUT2D eigenvalue weighted by atomic mass is 9.78. The Bertz CT molecular complexity index is 872. The average Bonchev–Trinajstić information content (AvgIpc) is 3.13. The molecule has 0 radical (unpaired) electrons. The van der Waals surface area contributed by atoms with Crippen LogP contribution in [0.15, 0.2) is 61.1 Å². The van der Waals surface area contributed by atoms with Crippen LogP contribution < -0.4 is 5.32 Å². The second-order valence-corrected chi connectivity index (χ2v) is 8.18. The van der Waals surface area contributed by atoms with Gasteiger partial charge in [0.1, 0.15) is 0 Å². The quantitative estimate of drug-likeness (QED) is 0.667. The highest BCUT2D eigenvalue weighted by Gasteiger charge is 2.27. The fourth-order valence-corrected chi connectivity index (χ4v) is 4.30. The summed E-state index contributed by atoms with van der Waals surface area (Å²) in [5.74, 6) is 1.51. The van der Waals surface area contributed by atoms with Gasteiger partial charge < -0.3 is 5.32 Å². The molecular formula is C24H30N4. The number of benzene rings is 1. The lowest BCUT2D eigenvalue weighted by molar-refractivity contribution is 0.206. The van der Waals surface area contributed by atoms with Crippen molar-refractivity contribution >= 4 is 0 Å². The third-order valence-electron chi connectivity index (χ3n) is 6.22. The zero-order chi connectivity index (χ0) is 19.3. The maximum Gasteiger partial charge on any atom is 0.0983 e. The number of rotatable bonds is 6. The minimum atomic E-state index is 0.586. The molecule has 0 aliphatic heterocycles. The Morgan fingerprint density at radius 1 is 1.07 bits per heavy atom. The van der Waals surface area contributed by atoms with Crippen molar-refractivity contribution in [2.45, 2.75) is 52.2 Å². The van der Waals surface area contributed by atoms with E-state index in [1.54, 1.807) is 0 Å². The van der Waals surface area contributed by atoms with E-state index in [9.17, 15) is 0 Å². The predicted octanol–water partition coefficient (Wildman–Crippen LogP) is 4.91. The summed E-state index contributed by atoms with van der Waals surface area (Å²) in [6.07, 6.45) is 9.86. The van der Waals surface area contributed by atoms with Gasteiger partial charge in [-0.05, 0) is 36.0 Å². The topological polar surface area (TPSA) is 42.7 Å². The van der Waals surface area contributed by atoms with Gasteiger partial charge in [0.2, 0.25) is 0 Å². The third-order valence-corrected chi connectivity index (χ3v) is 6.22. The molecule has 3 atom stereocenters. The number of hydrogen-bond acceptors (Lipinski definition) is 3. The Labute approximate surface area is 168 Å². The lowest BCUT2D eigenvalue weighted by Gasteiger charge is -2.34. The van der Waals surface area contributed by atoms with E-state index in [1.165, 1.54) is 30.4 Å². The first kappa shape index (κ1) is 18.9. The van der Waals surface area contributed by atoms with E-state index in [-0.39, 0.29) is 0 Å². The van der Waals surface area contributed by atoms with Gasteiger partial charge in [0.25, 0.3) is 0 Å². The molecule has 1 fully saturated rings. The Hall–Kier alpha value is -2.46. The lowest BCUT2D eigenvalue weighted by Crippen LogP contribution is -2.40. The van der Waals surface area contributed by atoms with Crippen molar-refractivity contribution in [3.05, 3.63) is 72.2 Å². The first-order valence-corrected chi connectivity index (χ1v) is 10.4. The molecule has 1 saturated carbocycles. The van der Waals surface area contributed by atoms with Crippen molar-refractivity contribution in [3.8, 4) is 11.3 Å². The Kier molecular flexibility index (Phi) is 5.87. The summed E-state index contributed by atoms with van der Waals surface area (Å²) < 4.78 is 2.06. The molecule has 0 unspecified atom stereocenters. The molecule has 4 nitrogen and oxygen atoms in total. The number of nitrogens with zero attached hydrogens (tertiary/aromatic N) is 3. The van der Waals surface area contributed by atoms with E-state index in [2.05, 4.69) is 71.4 Å². The molecule has 1 aromatic carbocycles. The van der Waals surface area contributed by atoms with Gasteiger partial charge in [0.05, 0.1) is 12.2 Å². The fraction of sp³-hybridized carbons (Fsp3) is 0.417. The standard InChI is InChI=1S/C24H30N4/c1-18-8-6-12-23(19(18)2)26-15-22-17-28(16-20-9-4-3-5-10-20)27-24(22)21-11-7-13-25-14-21/h3-5,7,9-11,13-14,17-19,23,26H,6,8,12,15-16H2,1-2H3/t18-,19+,23+/m1/s1. The zero-order valence-electron chi connectivity index (χ0n) is 16.9. The van der Waals surface area contributed by atoms with Gasteiger partial charge in [-0.2, -0.15) is 5.10 Å². The number of aromatic nitrogens is 3. The third kappa shape index (κ3) is 4.33. The highest BCUT2D eigenvalue weighted by atomic mass is 15.3. The number of hydrogen-bond donors (Lipinski definition) is 1. The maximum atomic E-state index is 4.91. The molecular weight excluding hydrogens is 344 g/mol. The first-order valence-electron chi connectivity index (χ1n) is 10.4. The molecule has 1 aliphatic rings. The van der Waals surface area contributed by atoms with E-state index < -0.39 is 0 Å². The van der Waals surface area contributed by atoms with Crippen LogP contribution in [0, 0.1) is 11.8 Å². The molecule has 2 heterocycles. The van der Waals surface area contributed by atoms with Crippen LogP contribution in [0.25, 0.3) is 11.3 Å². The van der Waals surface area contributed by atoms with Gasteiger partial charge in [-0.15, -0.1) is 0 Å². The minimum Gasteiger partial charge on any atom is -0.310 e. The molecule has 146 valence electrons. The Morgan fingerprint density at radius 2 is 1.93 bits per heavy atom. The molecule has 0 spiro atoms. The van der Waals surface area contributed by atoms with Crippen LogP contribution in [0.5, 0.6) is 0 Å². The highest BCUT2D eigenvalue weighted by molar-refractivity contribution is 5.61. The molecule has 0 saturated heterocycles.